The van der Waals surface area contributed by atoms with E-state index in [-0.39, 0.29) is 5.92 Å². The van der Waals surface area contributed by atoms with E-state index in [9.17, 15) is 0 Å². The third-order valence-corrected chi connectivity index (χ3v) is 5.17. The fraction of sp³-hybridized carbons (Fsp3) is 0.0952. The molecule has 0 aliphatic carbocycles. The SMILES string of the molecule is S=C1c2ccc(Cl)cc2C(c2ccccc2)CN1c1ccccc1. The van der Waals surface area contributed by atoms with Crippen LogP contribution in [0, 0.1) is 0 Å². The third-order valence-electron chi connectivity index (χ3n) is 4.50. The van der Waals surface area contributed by atoms with Crippen molar-refractivity contribution >= 4 is 34.5 Å². The van der Waals surface area contributed by atoms with Crippen LogP contribution in [0.3, 0.4) is 0 Å². The molecule has 0 saturated carbocycles. The molecule has 0 bridgehead atoms. The number of thiocarbonyl (C=S) groups is 1. The Morgan fingerprint density at radius 3 is 2.25 bits per heavy atom. The largest absolute Gasteiger partial charge is 0.331 e. The summed E-state index contributed by atoms with van der Waals surface area (Å²) in [6.45, 7) is 0.820. The fourth-order valence-corrected chi connectivity index (χ4v) is 3.87. The van der Waals surface area contributed by atoms with Gasteiger partial charge >= 0.3 is 0 Å². The molecule has 3 aromatic carbocycles. The first-order valence-electron chi connectivity index (χ1n) is 7.95. The Bertz CT molecular complexity index is 877. The molecule has 0 spiro atoms. The molecule has 4 rings (SSSR count). The molecule has 1 unspecified atom stereocenters. The molecule has 1 aliphatic rings. The minimum absolute atomic E-state index is 0.242. The highest BCUT2D eigenvalue weighted by Gasteiger charge is 2.30. The van der Waals surface area contributed by atoms with Gasteiger partial charge in [-0.15, -0.1) is 0 Å². The highest BCUT2D eigenvalue weighted by molar-refractivity contribution is 7.81. The number of hydrogen-bond acceptors (Lipinski definition) is 1. The maximum atomic E-state index is 6.27. The van der Waals surface area contributed by atoms with Crippen LogP contribution in [0.2, 0.25) is 5.02 Å². The molecule has 3 aromatic rings. The second-order valence-corrected chi connectivity index (χ2v) is 6.77. The Morgan fingerprint density at radius 1 is 0.875 bits per heavy atom. The molecule has 0 amide bonds. The van der Waals surface area contributed by atoms with Gasteiger partial charge in [-0.2, -0.15) is 0 Å². The van der Waals surface area contributed by atoms with Crippen LogP contribution in [0.4, 0.5) is 5.69 Å². The van der Waals surface area contributed by atoms with Gasteiger partial charge in [0.2, 0.25) is 0 Å². The monoisotopic (exact) mass is 349 g/mol. The lowest BCUT2D eigenvalue weighted by molar-refractivity contribution is 0.787. The van der Waals surface area contributed by atoms with Gasteiger partial charge < -0.3 is 4.90 Å². The van der Waals surface area contributed by atoms with E-state index in [1.807, 2.05) is 36.4 Å². The first kappa shape index (κ1) is 15.4. The van der Waals surface area contributed by atoms with Crippen molar-refractivity contribution in [1.82, 2.24) is 0 Å². The normalized spacial score (nSPS) is 16.8. The number of rotatable bonds is 2. The lowest BCUT2D eigenvalue weighted by atomic mass is 9.84. The molecule has 1 atom stereocenters. The van der Waals surface area contributed by atoms with E-state index in [4.69, 9.17) is 23.8 Å². The number of benzene rings is 3. The molecular weight excluding hydrogens is 334 g/mol. The molecule has 1 aliphatic heterocycles. The van der Waals surface area contributed by atoms with Gasteiger partial charge in [-0.05, 0) is 35.4 Å². The molecule has 1 heterocycles. The van der Waals surface area contributed by atoms with Crippen molar-refractivity contribution in [2.75, 3.05) is 11.4 Å². The van der Waals surface area contributed by atoms with E-state index in [1.54, 1.807) is 0 Å². The van der Waals surface area contributed by atoms with E-state index >= 15 is 0 Å². The Balaban J connectivity index is 1.86. The summed E-state index contributed by atoms with van der Waals surface area (Å²) in [6.07, 6.45) is 0. The summed E-state index contributed by atoms with van der Waals surface area (Å²) in [5.74, 6) is 0.242. The summed E-state index contributed by atoms with van der Waals surface area (Å²) in [7, 11) is 0. The van der Waals surface area contributed by atoms with Crippen LogP contribution in [-0.2, 0) is 0 Å². The molecule has 0 N–H and O–H groups in total. The highest BCUT2D eigenvalue weighted by Crippen LogP contribution is 2.37. The molecule has 24 heavy (non-hydrogen) atoms. The first-order chi connectivity index (χ1) is 11.7. The van der Waals surface area contributed by atoms with Crippen molar-refractivity contribution in [2.24, 2.45) is 0 Å². The first-order valence-corrected chi connectivity index (χ1v) is 8.74. The van der Waals surface area contributed by atoms with Crippen LogP contribution in [0.15, 0.2) is 78.9 Å². The smallest absolute Gasteiger partial charge is 0.113 e. The zero-order chi connectivity index (χ0) is 16.5. The lowest BCUT2D eigenvalue weighted by Crippen LogP contribution is -2.39. The molecule has 1 nitrogen and oxygen atoms in total. The van der Waals surface area contributed by atoms with Crippen LogP contribution < -0.4 is 4.90 Å². The molecule has 0 saturated heterocycles. The number of fused-ring (bicyclic) bond motifs is 1. The van der Waals surface area contributed by atoms with Crippen LogP contribution in [0.25, 0.3) is 0 Å². The van der Waals surface area contributed by atoms with Crippen LogP contribution in [-0.4, -0.2) is 11.5 Å². The molecule has 0 aromatic heterocycles. The average molecular weight is 350 g/mol. The van der Waals surface area contributed by atoms with Crippen LogP contribution in [0.1, 0.15) is 22.6 Å². The van der Waals surface area contributed by atoms with Crippen molar-refractivity contribution in [1.29, 1.82) is 0 Å². The second-order valence-electron chi connectivity index (χ2n) is 5.95. The molecule has 0 radical (unpaired) electrons. The summed E-state index contributed by atoms with van der Waals surface area (Å²) >= 11 is 12.1. The molecular formula is C21H16ClNS. The van der Waals surface area contributed by atoms with E-state index in [2.05, 4.69) is 47.4 Å². The second kappa shape index (κ2) is 6.39. The number of para-hydroxylation sites is 1. The third kappa shape index (κ3) is 2.72. The minimum Gasteiger partial charge on any atom is -0.331 e. The van der Waals surface area contributed by atoms with Crippen molar-refractivity contribution in [2.45, 2.75) is 5.92 Å². The van der Waals surface area contributed by atoms with Gasteiger partial charge in [-0.25, -0.2) is 0 Å². The Morgan fingerprint density at radius 2 is 1.54 bits per heavy atom. The topological polar surface area (TPSA) is 3.24 Å². The average Bonchev–Trinajstić information content (AvgIpc) is 2.63. The highest BCUT2D eigenvalue weighted by atomic mass is 35.5. The van der Waals surface area contributed by atoms with Gasteiger partial charge in [0.15, 0.2) is 0 Å². The van der Waals surface area contributed by atoms with E-state index in [0.29, 0.717) is 0 Å². The summed E-state index contributed by atoms with van der Waals surface area (Å²) < 4.78 is 0. The standard InChI is InChI=1S/C21H16ClNS/c22-16-11-12-18-19(13-16)20(15-7-3-1-4-8-15)14-23(21(18)24)17-9-5-2-6-10-17/h1-13,20H,14H2. The van der Waals surface area contributed by atoms with Gasteiger partial charge in [0.05, 0.1) is 0 Å². The zero-order valence-corrected chi connectivity index (χ0v) is 14.6. The lowest BCUT2D eigenvalue weighted by Gasteiger charge is -2.37. The van der Waals surface area contributed by atoms with E-state index < -0.39 is 0 Å². The Kier molecular flexibility index (Phi) is 4.09. The van der Waals surface area contributed by atoms with Gasteiger partial charge in [0.25, 0.3) is 0 Å². The van der Waals surface area contributed by atoms with Crippen LogP contribution >= 0.6 is 23.8 Å². The Labute approximate surface area is 152 Å². The summed E-state index contributed by atoms with van der Waals surface area (Å²) in [6, 6.07) is 26.9. The number of nitrogens with zero attached hydrogens (tertiary/aromatic N) is 1. The number of hydrogen-bond donors (Lipinski definition) is 0. The summed E-state index contributed by atoms with van der Waals surface area (Å²) in [5, 5.41) is 0.755. The zero-order valence-electron chi connectivity index (χ0n) is 13.0. The number of anilines is 1. The van der Waals surface area contributed by atoms with Gasteiger partial charge in [-0.3, -0.25) is 0 Å². The Hall–Kier alpha value is -2.16. The van der Waals surface area contributed by atoms with Gasteiger partial charge in [-0.1, -0.05) is 78.4 Å². The molecule has 0 fully saturated rings. The predicted octanol–water partition coefficient (Wildman–Crippen LogP) is 5.67. The summed E-state index contributed by atoms with van der Waals surface area (Å²) in [5.41, 5.74) is 4.72. The van der Waals surface area contributed by atoms with E-state index in [1.165, 1.54) is 11.1 Å². The molecule has 3 heteroatoms. The quantitative estimate of drug-likeness (QED) is 0.548. The summed E-state index contributed by atoms with van der Waals surface area (Å²) in [4.78, 5) is 3.09. The van der Waals surface area contributed by atoms with Crippen LogP contribution in [0.5, 0.6) is 0 Å². The molecule has 118 valence electrons. The number of halogens is 1. The minimum atomic E-state index is 0.242. The van der Waals surface area contributed by atoms with Crippen molar-refractivity contribution in [3.8, 4) is 0 Å². The van der Waals surface area contributed by atoms with Gasteiger partial charge in [0.1, 0.15) is 4.99 Å². The predicted molar refractivity (Wildman–Crippen MR) is 105 cm³/mol. The van der Waals surface area contributed by atoms with Crippen molar-refractivity contribution in [3.63, 3.8) is 0 Å². The fourth-order valence-electron chi connectivity index (χ4n) is 3.33. The van der Waals surface area contributed by atoms with Crippen molar-refractivity contribution in [3.05, 3.63) is 101 Å². The van der Waals surface area contributed by atoms with E-state index in [0.717, 1.165) is 27.8 Å². The maximum absolute atomic E-state index is 6.27. The van der Waals surface area contributed by atoms with Crippen molar-refractivity contribution < 1.29 is 0 Å². The maximum Gasteiger partial charge on any atom is 0.113 e. The van der Waals surface area contributed by atoms with Gasteiger partial charge in [0, 0.05) is 28.7 Å².